The molecule has 14 nitrogen and oxygen atoms in total. The molecule has 0 fully saturated rings. The van der Waals surface area contributed by atoms with E-state index in [1.807, 2.05) is 0 Å². The van der Waals surface area contributed by atoms with Gasteiger partial charge in [0.05, 0.1) is 33.4 Å². The summed E-state index contributed by atoms with van der Waals surface area (Å²) in [5.74, 6) is 0.190. The standard InChI is InChI=1S/C38H21N5O9/c44-37(39-21-3-7-25-27-9-5-23(42(46)47)17-35(27)51-33(25)15-21)19-1-11-31-29(13-19)41-30-14-20(2-12-32(30)50-31)38(45)40-22-4-8-26-28-10-6-24(43(48)49)18-36(28)52-34(26)16-22/h1-18,41H,(H,39,44)(H,40,45). The zero-order chi connectivity index (χ0) is 35.7. The summed E-state index contributed by atoms with van der Waals surface area (Å²) in [5.41, 5.74) is 4.16. The lowest BCUT2D eigenvalue weighted by Crippen LogP contribution is -2.14. The summed E-state index contributed by atoms with van der Waals surface area (Å²) in [7, 11) is 0. The first-order valence-corrected chi connectivity index (χ1v) is 15.7. The van der Waals surface area contributed by atoms with Crippen molar-refractivity contribution >= 4 is 89.8 Å². The number of rotatable bonds is 6. The molecule has 2 amide bonds. The second-order valence-electron chi connectivity index (χ2n) is 12.1. The largest absolute Gasteiger partial charge is 0.456 e. The molecule has 252 valence electrons. The number of nitro groups is 2. The first-order chi connectivity index (χ1) is 25.2. The molecule has 0 spiro atoms. The highest BCUT2D eigenvalue weighted by molar-refractivity contribution is 6.11. The van der Waals surface area contributed by atoms with Crippen LogP contribution in [0.5, 0.6) is 11.5 Å². The van der Waals surface area contributed by atoms with Crippen LogP contribution in [0.3, 0.4) is 0 Å². The zero-order valence-corrected chi connectivity index (χ0v) is 26.5. The number of ether oxygens (including phenoxy) is 1. The number of anilines is 4. The molecule has 0 radical (unpaired) electrons. The summed E-state index contributed by atoms with van der Waals surface area (Å²) in [6.45, 7) is 0. The van der Waals surface area contributed by atoms with Gasteiger partial charge in [0, 0.05) is 68.3 Å². The van der Waals surface area contributed by atoms with Crippen LogP contribution in [0.2, 0.25) is 0 Å². The molecule has 6 aromatic carbocycles. The fourth-order valence-electron chi connectivity index (χ4n) is 6.30. The Kier molecular flexibility index (Phi) is 6.66. The van der Waals surface area contributed by atoms with E-state index in [0.717, 1.165) is 21.5 Å². The maximum Gasteiger partial charge on any atom is 0.273 e. The normalized spacial score (nSPS) is 11.8. The van der Waals surface area contributed by atoms with Crippen LogP contribution in [0, 0.1) is 20.2 Å². The molecule has 9 rings (SSSR count). The first kappa shape index (κ1) is 30.3. The minimum Gasteiger partial charge on any atom is -0.456 e. The Morgan fingerprint density at radius 3 is 1.35 bits per heavy atom. The van der Waals surface area contributed by atoms with Crippen LogP contribution in [0.1, 0.15) is 20.7 Å². The molecule has 1 aliphatic rings. The predicted octanol–water partition coefficient (Wildman–Crippen LogP) is 9.66. The molecule has 0 aliphatic carbocycles. The molecule has 3 heterocycles. The summed E-state index contributed by atoms with van der Waals surface area (Å²) >= 11 is 0. The van der Waals surface area contributed by atoms with E-state index in [-0.39, 0.29) is 11.4 Å². The Morgan fingerprint density at radius 1 is 0.519 bits per heavy atom. The molecule has 0 atom stereocenters. The first-order valence-electron chi connectivity index (χ1n) is 15.7. The smallest absolute Gasteiger partial charge is 0.273 e. The molecular formula is C38H21N5O9. The minimum atomic E-state index is -0.488. The van der Waals surface area contributed by atoms with Gasteiger partial charge in [0.2, 0.25) is 0 Å². The molecular weight excluding hydrogens is 670 g/mol. The maximum absolute atomic E-state index is 13.3. The van der Waals surface area contributed by atoms with Crippen LogP contribution in [-0.4, -0.2) is 21.7 Å². The average molecular weight is 692 g/mol. The number of amides is 2. The second-order valence-corrected chi connectivity index (χ2v) is 12.1. The second kappa shape index (κ2) is 11.4. The Balaban J connectivity index is 0.914. The molecule has 0 bridgehead atoms. The van der Waals surface area contributed by atoms with Gasteiger partial charge in [0.15, 0.2) is 11.5 Å². The van der Waals surface area contributed by atoms with Gasteiger partial charge in [0.1, 0.15) is 22.3 Å². The van der Waals surface area contributed by atoms with Gasteiger partial charge in [-0.3, -0.25) is 29.8 Å². The lowest BCUT2D eigenvalue weighted by Gasteiger charge is -2.23. The van der Waals surface area contributed by atoms with E-state index in [2.05, 4.69) is 16.0 Å². The molecule has 8 aromatic rings. The van der Waals surface area contributed by atoms with Gasteiger partial charge in [-0.05, 0) is 72.8 Å². The maximum atomic E-state index is 13.3. The van der Waals surface area contributed by atoms with E-state index in [0.29, 0.717) is 67.7 Å². The number of nitrogens with one attached hydrogen (secondary N) is 3. The number of hydrogen-bond donors (Lipinski definition) is 3. The Bertz CT molecular complexity index is 2680. The van der Waals surface area contributed by atoms with E-state index < -0.39 is 21.7 Å². The number of carbonyl (C=O) groups excluding carboxylic acids is 2. The third-order valence-electron chi connectivity index (χ3n) is 8.82. The highest BCUT2D eigenvalue weighted by atomic mass is 16.6. The van der Waals surface area contributed by atoms with Gasteiger partial charge in [-0.1, -0.05) is 0 Å². The fraction of sp³-hybridized carbons (Fsp3) is 0. The molecule has 3 N–H and O–H groups in total. The number of nitro benzene ring substituents is 2. The van der Waals surface area contributed by atoms with Gasteiger partial charge < -0.3 is 29.5 Å². The van der Waals surface area contributed by atoms with Crippen LogP contribution in [0.15, 0.2) is 118 Å². The molecule has 14 heteroatoms. The van der Waals surface area contributed by atoms with Gasteiger partial charge in [-0.15, -0.1) is 0 Å². The van der Waals surface area contributed by atoms with Gasteiger partial charge in [0.25, 0.3) is 23.2 Å². The van der Waals surface area contributed by atoms with Crippen molar-refractivity contribution in [1.29, 1.82) is 0 Å². The summed E-state index contributed by atoms with van der Waals surface area (Å²) in [4.78, 5) is 48.0. The number of hydrogen-bond acceptors (Lipinski definition) is 10. The fourth-order valence-corrected chi connectivity index (χ4v) is 6.30. The van der Waals surface area contributed by atoms with Crippen molar-refractivity contribution in [2.45, 2.75) is 0 Å². The highest BCUT2D eigenvalue weighted by Crippen LogP contribution is 2.43. The number of furan rings is 2. The van der Waals surface area contributed by atoms with Gasteiger partial charge in [-0.25, -0.2) is 0 Å². The monoisotopic (exact) mass is 691 g/mol. The molecule has 52 heavy (non-hydrogen) atoms. The summed E-state index contributed by atoms with van der Waals surface area (Å²) in [6.07, 6.45) is 0. The lowest BCUT2D eigenvalue weighted by molar-refractivity contribution is -0.384. The Hall–Kier alpha value is -7.74. The van der Waals surface area contributed by atoms with Gasteiger partial charge >= 0.3 is 0 Å². The number of benzene rings is 6. The number of carbonyl (C=O) groups is 2. The van der Waals surface area contributed by atoms with Gasteiger partial charge in [-0.2, -0.15) is 0 Å². The zero-order valence-electron chi connectivity index (χ0n) is 26.5. The molecule has 0 saturated heterocycles. The topological polar surface area (TPSA) is 192 Å². The van der Waals surface area contributed by atoms with E-state index in [1.54, 1.807) is 84.9 Å². The van der Waals surface area contributed by atoms with Crippen molar-refractivity contribution < 1.29 is 33.0 Å². The number of fused-ring (bicyclic) bond motifs is 8. The lowest BCUT2D eigenvalue weighted by atomic mass is 10.1. The summed E-state index contributed by atoms with van der Waals surface area (Å²) in [5, 5.41) is 34.3. The average Bonchev–Trinajstić information content (AvgIpc) is 3.69. The van der Waals surface area contributed by atoms with Crippen molar-refractivity contribution in [3.8, 4) is 11.5 Å². The van der Waals surface area contributed by atoms with Crippen molar-refractivity contribution in [2.24, 2.45) is 0 Å². The van der Waals surface area contributed by atoms with Crippen molar-refractivity contribution in [3.63, 3.8) is 0 Å². The third kappa shape index (κ3) is 5.14. The van der Waals surface area contributed by atoms with Crippen molar-refractivity contribution in [1.82, 2.24) is 0 Å². The van der Waals surface area contributed by atoms with Crippen molar-refractivity contribution in [2.75, 3.05) is 16.0 Å². The summed E-state index contributed by atoms with van der Waals surface area (Å²) < 4.78 is 17.7. The Labute approximate surface area is 290 Å². The van der Waals surface area contributed by atoms with E-state index in [9.17, 15) is 29.8 Å². The molecule has 0 unspecified atom stereocenters. The predicted molar refractivity (Wildman–Crippen MR) is 193 cm³/mol. The highest BCUT2D eigenvalue weighted by Gasteiger charge is 2.21. The van der Waals surface area contributed by atoms with Crippen LogP contribution in [0.4, 0.5) is 34.1 Å². The van der Waals surface area contributed by atoms with E-state index in [1.165, 1.54) is 24.3 Å². The summed E-state index contributed by atoms with van der Waals surface area (Å²) in [6, 6.07) is 29.0. The molecule has 0 saturated carbocycles. The minimum absolute atomic E-state index is 0.0799. The number of nitrogens with zero attached hydrogens (tertiary/aromatic N) is 2. The Morgan fingerprint density at radius 2 is 0.923 bits per heavy atom. The third-order valence-corrected chi connectivity index (χ3v) is 8.82. The molecule has 1 aliphatic heterocycles. The van der Waals surface area contributed by atoms with Crippen LogP contribution >= 0.6 is 0 Å². The number of non-ortho nitro benzene ring substituents is 2. The SMILES string of the molecule is O=C(Nc1ccc2c(c1)oc1cc([N+](=O)[O-])ccc12)c1ccc2c(c1)Nc1cc(C(=O)Nc3ccc4c(c3)oc3cc([N+](=O)[O-])ccc34)ccc1O2. The van der Waals surface area contributed by atoms with Crippen LogP contribution in [0.25, 0.3) is 43.9 Å². The van der Waals surface area contributed by atoms with Crippen LogP contribution in [-0.2, 0) is 0 Å². The quantitative estimate of drug-likeness (QED) is 0.112. The van der Waals surface area contributed by atoms with E-state index in [4.69, 9.17) is 13.6 Å². The van der Waals surface area contributed by atoms with E-state index >= 15 is 0 Å². The van der Waals surface area contributed by atoms with Crippen LogP contribution < -0.4 is 20.7 Å². The molecule has 2 aromatic heterocycles. The van der Waals surface area contributed by atoms with Crippen molar-refractivity contribution in [3.05, 3.63) is 141 Å².